The Morgan fingerprint density at radius 1 is 1.32 bits per heavy atom. The van der Waals surface area contributed by atoms with Crippen molar-refractivity contribution in [1.29, 1.82) is 0 Å². The summed E-state index contributed by atoms with van der Waals surface area (Å²) in [7, 11) is 1.48. The summed E-state index contributed by atoms with van der Waals surface area (Å²) in [5.74, 6) is 0.680. The first-order valence-electron chi connectivity index (χ1n) is 7.65. The molecule has 1 aliphatic carbocycles. The van der Waals surface area contributed by atoms with Crippen LogP contribution >= 0.6 is 0 Å². The molecule has 0 spiro atoms. The lowest BCUT2D eigenvalue weighted by Crippen LogP contribution is -2.50. The third-order valence-corrected chi connectivity index (χ3v) is 4.63. The van der Waals surface area contributed by atoms with E-state index in [0.717, 1.165) is 31.7 Å². The molecule has 112 valence electrons. The molecule has 0 atom stereocenters. The van der Waals surface area contributed by atoms with Gasteiger partial charge in [-0.25, -0.2) is 0 Å². The molecular formula is C16H31NO2. The quantitative estimate of drug-likeness (QED) is 0.776. The van der Waals surface area contributed by atoms with Crippen molar-refractivity contribution >= 4 is 5.97 Å². The van der Waals surface area contributed by atoms with Gasteiger partial charge in [0.05, 0.1) is 13.5 Å². The van der Waals surface area contributed by atoms with Gasteiger partial charge in [-0.3, -0.25) is 4.79 Å². The first kappa shape index (κ1) is 16.5. The molecule has 0 aromatic carbocycles. The molecule has 1 fully saturated rings. The fourth-order valence-corrected chi connectivity index (χ4v) is 3.19. The van der Waals surface area contributed by atoms with E-state index >= 15 is 0 Å². The van der Waals surface area contributed by atoms with Crippen LogP contribution in [0, 0.1) is 11.3 Å². The molecule has 1 rings (SSSR count). The molecule has 19 heavy (non-hydrogen) atoms. The number of methoxy groups -OCH3 is 1. The molecule has 0 bridgehead atoms. The van der Waals surface area contributed by atoms with E-state index in [2.05, 4.69) is 33.0 Å². The number of nitrogens with one attached hydrogen (secondary N) is 1. The number of carbonyl (C=O) groups is 1. The first-order valence-corrected chi connectivity index (χ1v) is 7.65. The monoisotopic (exact) mass is 269 g/mol. The molecule has 1 saturated carbocycles. The predicted molar refractivity (Wildman–Crippen MR) is 79.1 cm³/mol. The average molecular weight is 269 g/mol. The summed E-state index contributed by atoms with van der Waals surface area (Å²) in [6, 6.07) is 0. The van der Waals surface area contributed by atoms with Crippen LogP contribution in [-0.2, 0) is 9.53 Å². The second-order valence-electron chi connectivity index (χ2n) is 7.10. The van der Waals surface area contributed by atoms with E-state index in [-0.39, 0.29) is 11.5 Å². The highest BCUT2D eigenvalue weighted by molar-refractivity contribution is 5.70. The standard InChI is InChI=1S/C16H31NO2/c1-6-11-17-16(12-14(18)19-5)9-7-13(8-10-16)15(2,3)4/h13,17H,6-12H2,1-5H3. The molecule has 0 aliphatic heterocycles. The Morgan fingerprint density at radius 2 is 1.89 bits per heavy atom. The summed E-state index contributed by atoms with van der Waals surface area (Å²) in [6.45, 7) is 10.1. The molecule has 3 heteroatoms. The molecule has 0 heterocycles. The van der Waals surface area contributed by atoms with E-state index in [0.29, 0.717) is 11.8 Å². The molecular weight excluding hydrogens is 238 g/mol. The highest BCUT2D eigenvalue weighted by Crippen LogP contribution is 2.42. The smallest absolute Gasteiger partial charge is 0.307 e. The predicted octanol–water partition coefficient (Wildman–Crippen LogP) is 3.52. The summed E-state index contributed by atoms with van der Waals surface area (Å²) < 4.78 is 4.87. The zero-order valence-corrected chi connectivity index (χ0v) is 13.3. The van der Waals surface area contributed by atoms with Gasteiger partial charge in [-0.05, 0) is 50.0 Å². The van der Waals surface area contributed by atoms with Crippen molar-refractivity contribution in [3.8, 4) is 0 Å². The van der Waals surface area contributed by atoms with E-state index in [9.17, 15) is 4.79 Å². The van der Waals surface area contributed by atoms with Crippen molar-refractivity contribution in [2.75, 3.05) is 13.7 Å². The minimum Gasteiger partial charge on any atom is -0.469 e. The second-order valence-corrected chi connectivity index (χ2v) is 7.10. The summed E-state index contributed by atoms with van der Waals surface area (Å²) in [5.41, 5.74) is 0.354. The molecule has 1 N–H and O–H groups in total. The molecule has 3 nitrogen and oxygen atoms in total. The fourth-order valence-electron chi connectivity index (χ4n) is 3.19. The fraction of sp³-hybridized carbons (Fsp3) is 0.938. The van der Waals surface area contributed by atoms with Gasteiger partial charge in [0.1, 0.15) is 0 Å². The van der Waals surface area contributed by atoms with Crippen LogP contribution in [-0.4, -0.2) is 25.2 Å². The van der Waals surface area contributed by atoms with Gasteiger partial charge < -0.3 is 10.1 Å². The third kappa shape index (κ3) is 4.79. The molecule has 0 unspecified atom stereocenters. The molecule has 0 radical (unpaired) electrons. The van der Waals surface area contributed by atoms with Gasteiger partial charge in [0, 0.05) is 5.54 Å². The topological polar surface area (TPSA) is 38.3 Å². The Bertz CT molecular complexity index is 286. The van der Waals surface area contributed by atoms with Gasteiger partial charge in [0.15, 0.2) is 0 Å². The number of ether oxygens (including phenoxy) is 1. The molecule has 1 aliphatic rings. The number of carbonyl (C=O) groups excluding carboxylic acids is 1. The lowest BCUT2D eigenvalue weighted by atomic mass is 9.66. The zero-order valence-electron chi connectivity index (χ0n) is 13.3. The third-order valence-electron chi connectivity index (χ3n) is 4.63. The zero-order chi connectivity index (χ0) is 14.5. The van der Waals surface area contributed by atoms with E-state index in [1.165, 1.54) is 20.0 Å². The number of esters is 1. The van der Waals surface area contributed by atoms with E-state index in [4.69, 9.17) is 4.74 Å². The summed E-state index contributed by atoms with van der Waals surface area (Å²) >= 11 is 0. The van der Waals surface area contributed by atoms with Crippen molar-refractivity contribution in [1.82, 2.24) is 5.32 Å². The first-order chi connectivity index (χ1) is 8.83. The Morgan fingerprint density at radius 3 is 2.32 bits per heavy atom. The van der Waals surface area contributed by atoms with Gasteiger partial charge in [-0.15, -0.1) is 0 Å². The number of rotatable bonds is 5. The SMILES string of the molecule is CCCNC1(CC(=O)OC)CCC(C(C)(C)C)CC1. The summed E-state index contributed by atoms with van der Waals surface area (Å²) in [4.78, 5) is 11.7. The largest absolute Gasteiger partial charge is 0.469 e. The van der Waals surface area contributed by atoms with Crippen LogP contribution in [0.1, 0.15) is 66.2 Å². The Labute approximate surface area is 118 Å². The van der Waals surface area contributed by atoms with Crippen LogP contribution in [0.4, 0.5) is 0 Å². The van der Waals surface area contributed by atoms with E-state index in [1.54, 1.807) is 0 Å². The lowest BCUT2D eigenvalue weighted by Gasteiger charge is -2.44. The number of hydrogen-bond donors (Lipinski definition) is 1. The van der Waals surface area contributed by atoms with Crippen LogP contribution in [0.25, 0.3) is 0 Å². The summed E-state index contributed by atoms with van der Waals surface area (Å²) in [5, 5.41) is 3.62. The highest BCUT2D eigenvalue weighted by atomic mass is 16.5. The van der Waals surface area contributed by atoms with Gasteiger partial charge in [-0.1, -0.05) is 27.7 Å². The van der Waals surface area contributed by atoms with Crippen molar-refractivity contribution < 1.29 is 9.53 Å². The van der Waals surface area contributed by atoms with Crippen molar-refractivity contribution in [2.24, 2.45) is 11.3 Å². The van der Waals surface area contributed by atoms with Crippen LogP contribution in [0.3, 0.4) is 0 Å². The van der Waals surface area contributed by atoms with Gasteiger partial charge in [0.2, 0.25) is 0 Å². The normalized spacial score (nSPS) is 28.2. The van der Waals surface area contributed by atoms with E-state index in [1.807, 2.05) is 0 Å². The van der Waals surface area contributed by atoms with Crippen molar-refractivity contribution in [2.45, 2.75) is 71.8 Å². The Balaban J connectivity index is 2.66. The van der Waals surface area contributed by atoms with Gasteiger partial charge in [-0.2, -0.15) is 0 Å². The molecule has 0 aromatic rings. The van der Waals surface area contributed by atoms with Crippen LogP contribution in [0.2, 0.25) is 0 Å². The van der Waals surface area contributed by atoms with Crippen LogP contribution in [0.5, 0.6) is 0 Å². The maximum absolute atomic E-state index is 11.7. The maximum Gasteiger partial charge on any atom is 0.307 e. The molecule has 0 saturated heterocycles. The van der Waals surface area contributed by atoms with Crippen LogP contribution < -0.4 is 5.32 Å². The minimum absolute atomic E-state index is 0.0230. The minimum atomic E-state index is -0.0854. The Kier molecular flexibility index (Phi) is 5.84. The lowest BCUT2D eigenvalue weighted by molar-refractivity contribution is -0.143. The van der Waals surface area contributed by atoms with Crippen molar-refractivity contribution in [3.05, 3.63) is 0 Å². The van der Waals surface area contributed by atoms with E-state index < -0.39 is 0 Å². The average Bonchev–Trinajstić information content (AvgIpc) is 2.36. The maximum atomic E-state index is 11.7. The summed E-state index contributed by atoms with van der Waals surface area (Å²) in [6.07, 6.45) is 6.20. The Hall–Kier alpha value is -0.570. The highest BCUT2D eigenvalue weighted by Gasteiger charge is 2.39. The van der Waals surface area contributed by atoms with Gasteiger partial charge >= 0.3 is 5.97 Å². The molecule has 0 amide bonds. The second kappa shape index (κ2) is 6.74. The number of hydrogen-bond acceptors (Lipinski definition) is 3. The van der Waals surface area contributed by atoms with Gasteiger partial charge in [0.25, 0.3) is 0 Å². The van der Waals surface area contributed by atoms with Crippen molar-refractivity contribution in [3.63, 3.8) is 0 Å². The van der Waals surface area contributed by atoms with Crippen LogP contribution in [0.15, 0.2) is 0 Å². The molecule has 0 aromatic heterocycles.